The lowest BCUT2D eigenvalue weighted by Crippen LogP contribution is -2.11. The highest BCUT2D eigenvalue weighted by molar-refractivity contribution is 6.34. The summed E-state index contributed by atoms with van der Waals surface area (Å²) in [5, 5.41) is 0. The molecule has 0 saturated heterocycles. The van der Waals surface area contributed by atoms with E-state index in [0.29, 0.717) is 11.2 Å². The van der Waals surface area contributed by atoms with Gasteiger partial charge in [-0.3, -0.25) is 4.79 Å². The van der Waals surface area contributed by atoms with Crippen LogP contribution in [0.25, 0.3) is 0 Å². The van der Waals surface area contributed by atoms with E-state index in [1.54, 1.807) is 25.3 Å². The Kier molecular flexibility index (Phi) is 3.57. The Hall–Kier alpha value is -1.45. The molecule has 0 heterocycles. The zero-order valence-electron chi connectivity index (χ0n) is 8.24. The number of esters is 1. The molecule has 0 spiro atoms. The van der Waals surface area contributed by atoms with Gasteiger partial charge in [-0.15, -0.1) is 0 Å². The third-order valence-electron chi connectivity index (χ3n) is 1.87. The molecule has 0 N–H and O–H groups in total. The number of hydrogen-bond donors (Lipinski definition) is 0. The zero-order valence-corrected chi connectivity index (χ0v) is 8.24. The largest absolute Gasteiger partial charge is 0.497 e. The average Bonchev–Trinajstić information content (AvgIpc) is 2.18. The molecule has 0 aliphatic rings. The van der Waals surface area contributed by atoms with Gasteiger partial charge in [0, 0.05) is 0 Å². The first kappa shape index (κ1) is 10.6. The fourth-order valence-electron chi connectivity index (χ4n) is 1.13. The fraction of sp³-hybridized carbons (Fsp3) is 0.300. The van der Waals surface area contributed by atoms with Gasteiger partial charge < -0.3 is 9.47 Å². The second-order valence-electron chi connectivity index (χ2n) is 2.83. The Morgan fingerprint density at radius 2 is 2.14 bits per heavy atom. The Morgan fingerprint density at radius 3 is 2.64 bits per heavy atom. The van der Waals surface area contributed by atoms with Crippen LogP contribution in [-0.4, -0.2) is 28.0 Å². The van der Waals surface area contributed by atoms with E-state index in [4.69, 9.17) is 12.6 Å². The van der Waals surface area contributed by atoms with Gasteiger partial charge in [-0.25, -0.2) is 0 Å². The van der Waals surface area contributed by atoms with Gasteiger partial charge in [0.15, 0.2) is 0 Å². The number of rotatable bonds is 3. The Morgan fingerprint density at radius 1 is 1.43 bits per heavy atom. The van der Waals surface area contributed by atoms with Crippen LogP contribution >= 0.6 is 0 Å². The van der Waals surface area contributed by atoms with Crippen LogP contribution in [0.3, 0.4) is 0 Å². The predicted molar refractivity (Wildman–Crippen MR) is 54.1 cm³/mol. The summed E-state index contributed by atoms with van der Waals surface area (Å²) in [5.41, 5.74) is 1.34. The summed E-state index contributed by atoms with van der Waals surface area (Å²) in [4.78, 5) is 11.0. The van der Waals surface area contributed by atoms with E-state index in [-0.39, 0.29) is 12.4 Å². The topological polar surface area (TPSA) is 35.5 Å². The highest BCUT2D eigenvalue weighted by atomic mass is 16.5. The van der Waals surface area contributed by atoms with E-state index in [0.717, 1.165) is 5.56 Å². The van der Waals surface area contributed by atoms with E-state index >= 15 is 0 Å². The molecular weight excluding hydrogens is 179 g/mol. The van der Waals surface area contributed by atoms with Crippen molar-refractivity contribution >= 4 is 19.3 Å². The molecule has 4 heteroatoms. The monoisotopic (exact) mass is 190 g/mol. The minimum absolute atomic E-state index is 0.227. The van der Waals surface area contributed by atoms with Crippen molar-refractivity contribution in [2.75, 3.05) is 14.2 Å². The SMILES string of the molecule is [B]c1cc(CC(=O)OC)ccc1OC. The lowest BCUT2D eigenvalue weighted by Gasteiger charge is -2.06. The van der Waals surface area contributed by atoms with Crippen LogP contribution in [0, 0.1) is 0 Å². The molecule has 0 amide bonds. The van der Waals surface area contributed by atoms with Crippen LogP contribution in [-0.2, 0) is 16.0 Å². The quantitative estimate of drug-likeness (QED) is 0.504. The molecule has 0 fully saturated rings. The normalized spacial score (nSPS) is 9.57. The molecule has 14 heavy (non-hydrogen) atoms. The average molecular weight is 190 g/mol. The van der Waals surface area contributed by atoms with Crippen molar-refractivity contribution in [2.24, 2.45) is 0 Å². The molecule has 3 nitrogen and oxygen atoms in total. The molecule has 0 unspecified atom stereocenters. The first-order valence-electron chi connectivity index (χ1n) is 4.16. The molecule has 0 aromatic heterocycles. The van der Waals surface area contributed by atoms with Crippen molar-refractivity contribution in [2.45, 2.75) is 6.42 Å². The molecular formula is C10H11BO3. The summed E-state index contributed by atoms with van der Waals surface area (Å²) in [6.07, 6.45) is 0.227. The van der Waals surface area contributed by atoms with E-state index in [2.05, 4.69) is 4.74 Å². The van der Waals surface area contributed by atoms with Crippen LogP contribution in [0.15, 0.2) is 18.2 Å². The smallest absolute Gasteiger partial charge is 0.309 e. The molecule has 1 aromatic carbocycles. The molecule has 2 radical (unpaired) electrons. The van der Waals surface area contributed by atoms with Crippen molar-refractivity contribution in [1.82, 2.24) is 0 Å². The second-order valence-corrected chi connectivity index (χ2v) is 2.83. The maximum Gasteiger partial charge on any atom is 0.309 e. The van der Waals surface area contributed by atoms with Crippen molar-refractivity contribution in [3.05, 3.63) is 23.8 Å². The molecule has 0 aliphatic carbocycles. The molecule has 0 bridgehead atoms. The van der Waals surface area contributed by atoms with Crippen LogP contribution in [0.4, 0.5) is 0 Å². The van der Waals surface area contributed by atoms with Crippen molar-refractivity contribution < 1.29 is 14.3 Å². The van der Waals surface area contributed by atoms with Crippen molar-refractivity contribution in [3.8, 4) is 5.75 Å². The van der Waals surface area contributed by atoms with Crippen LogP contribution in [0.1, 0.15) is 5.56 Å². The maximum atomic E-state index is 11.0. The van der Waals surface area contributed by atoms with Gasteiger partial charge >= 0.3 is 5.97 Å². The number of carbonyl (C=O) groups is 1. The Balaban J connectivity index is 2.81. The fourth-order valence-corrected chi connectivity index (χ4v) is 1.13. The van der Waals surface area contributed by atoms with E-state index in [9.17, 15) is 4.79 Å². The van der Waals surface area contributed by atoms with Crippen LogP contribution < -0.4 is 10.2 Å². The summed E-state index contributed by atoms with van der Waals surface area (Å²) in [7, 11) is 8.58. The lowest BCUT2D eigenvalue weighted by atomic mass is 9.92. The molecule has 1 aromatic rings. The van der Waals surface area contributed by atoms with E-state index in [1.807, 2.05) is 0 Å². The minimum atomic E-state index is -0.283. The third-order valence-corrected chi connectivity index (χ3v) is 1.87. The number of methoxy groups -OCH3 is 2. The van der Waals surface area contributed by atoms with E-state index < -0.39 is 0 Å². The second kappa shape index (κ2) is 4.70. The summed E-state index contributed by atoms with van der Waals surface area (Å²) in [6.45, 7) is 0. The number of carbonyl (C=O) groups excluding carboxylic acids is 1. The predicted octanol–water partition coefficient (Wildman–Crippen LogP) is 0.204. The van der Waals surface area contributed by atoms with Crippen molar-refractivity contribution in [1.29, 1.82) is 0 Å². The minimum Gasteiger partial charge on any atom is -0.497 e. The van der Waals surface area contributed by atoms with Gasteiger partial charge in [0.1, 0.15) is 13.6 Å². The zero-order chi connectivity index (χ0) is 10.6. The van der Waals surface area contributed by atoms with Gasteiger partial charge in [0.05, 0.1) is 20.6 Å². The van der Waals surface area contributed by atoms with Gasteiger partial charge in [0.25, 0.3) is 0 Å². The molecule has 0 atom stereocenters. The number of benzene rings is 1. The lowest BCUT2D eigenvalue weighted by molar-refractivity contribution is -0.139. The summed E-state index contributed by atoms with van der Waals surface area (Å²) >= 11 is 0. The van der Waals surface area contributed by atoms with Crippen molar-refractivity contribution in [3.63, 3.8) is 0 Å². The first-order chi connectivity index (χ1) is 6.67. The summed E-state index contributed by atoms with van der Waals surface area (Å²) in [5.74, 6) is 0.327. The Bertz CT molecular complexity index is 336. The van der Waals surface area contributed by atoms with Gasteiger partial charge in [-0.05, 0) is 11.6 Å². The highest BCUT2D eigenvalue weighted by Crippen LogP contribution is 2.08. The highest BCUT2D eigenvalue weighted by Gasteiger charge is 2.04. The van der Waals surface area contributed by atoms with E-state index in [1.165, 1.54) is 7.11 Å². The number of ether oxygens (including phenoxy) is 2. The Labute approximate surface area is 84.4 Å². The molecule has 72 valence electrons. The maximum absolute atomic E-state index is 11.0. The molecule has 0 aliphatic heterocycles. The number of hydrogen-bond acceptors (Lipinski definition) is 3. The first-order valence-corrected chi connectivity index (χ1v) is 4.16. The standard InChI is InChI=1S/C10H11BO3/c1-13-9-4-3-7(5-8(9)11)6-10(12)14-2/h3-5H,6H2,1-2H3. The third kappa shape index (κ3) is 2.52. The summed E-state index contributed by atoms with van der Waals surface area (Å²) < 4.78 is 9.53. The van der Waals surface area contributed by atoms with Crippen LogP contribution in [0.2, 0.25) is 0 Å². The molecule has 0 saturated carbocycles. The van der Waals surface area contributed by atoms with Gasteiger partial charge in [-0.2, -0.15) is 0 Å². The van der Waals surface area contributed by atoms with Gasteiger partial charge in [-0.1, -0.05) is 17.6 Å². The van der Waals surface area contributed by atoms with Crippen LogP contribution in [0.5, 0.6) is 5.75 Å². The molecule has 1 rings (SSSR count). The summed E-state index contributed by atoms with van der Waals surface area (Å²) in [6, 6.07) is 5.22. The van der Waals surface area contributed by atoms with Gasteiger partial charge in [0.2, 0.25) is 0 Å².